The summed E-state index contributed by atoms with van der Waals surface area (Å²) in [5, 5.41) is 0. The van der Waals surface area contributed by atoms with Gasteiger partial charge in [0.05, 0.1) is 5.41 Å². The normalized spacial score (nSPS) is 17.2. The van der Waals surface area contributed by atoms with E-state index in [1.165, 1.54) is 5.56 Å². The van der Waals surface area contributed by atoms with Gasteiger partial charge in [-0.25, -0.2) is 0 Å². The zero-order valence-corrected chi connectivity index (χ0v) is 12.2. The van der Waals surface area contributed by atoms with Crippen molar-refractivity contribution in [2.45, 2.75) is 25.8 Å². The van der Waals surface area contributed by atoms with Gasteiger partial charge in [0.25, 0.3) is 0 Å². The fourth-order valence-corrected chi connectivity index (χ4v) is 2.73. The molecule has 4 nitrogen and oxygen atoms in total. The summed E-state index contributed by atoms with van der Waals surface area (Å²) in [6.07, 6.45) is 0. The fraction of sp³-hybridized carbons (Fsp3) is 0.533. The van der Waals surface area contributed by atoms with Crippen LogP contribution in [0, 0.1) is 0 Å². The molecule has 0 radical (unpaired) electrons. The van der Waals surface area contributed by atoms with Crippen molar-refractivity contribution in [3.8, 4) is 0 Å². The second-order valence-electron chi connectivity index (χ2n) is 5.87. The summed E-state index contributed by atoms with van der Waals surface area (Å²) >= 11 is 0. The summed E-state index contributed by atoms with van der Waals surface area (Å²) in [6.45, 7) is 6.38. The number of likely N-dealkylation sites (N-methyl/N-ethyl adjacent to an activating group) is 2. The number of carbonyl (C=O) groups is 1. The van der Waals surface area contributed by atoms with Gasteiger partial charge >= 0.3 is 0 Å². The van der Waals surface area contributed by atoms with Crippen LogP contribution >= 0.6 is 0 Å². The first kappa shape index (κ1) is 14.0. The molecule has 104 valence electrons. The summed E-state index contributed by atoms with van der Waals surface area (Å²) in [5.41, 5.74) is 8.52. The third-order valence-corrected chi connectivity index (χ3v) is 3.90. The maximum absolute atomic E-state index is 12.2. The summed E-state index contributed by atoms with van der Waals surface area (Å²) < 4.78 is 0. The molecule has 1 aliphatic heterocycles. The van der Waals surface area contributed by atoms with Crippen molar-refractivity contribution in [1.29, 1.82) is 0 Å². The molecule has 0 atom stereocenters. The highest BCUT2D eigenvalue weighted by Crippen LogP contribution is 2.41. The molecule has 1 aromatic rings. The van der Waals surface area contributed by atoms with E-state index in [0.717, 1.165) is 24.3 Å². The van der Waals surface area contributed by atoms with Crippen LogP contribution in [0.1, 0.15) is 25.0 Å². The Kier molecular flexibility index (Phi) is 3.65. The first-order valence-electron chi connectivity index (χ1n) is 6.68. The van der Waals surface area contributed by atoms with Gasteiger partial charge in [0.1, 0.15) is 0 Å². The van der Waals surface area contributed by atoms with Crippen LogP contribution < -0.4 is 10.6 Å². The Hall–Kier alpha value is -1.39. The van der Waals surface area contributed by atoms with Crippen LogP contribution in [0.15, 0.2) is 18.2 Å². The minimum Gasteiger partial charge on any atom is -0.329 e. The second kappa shape index (κ2) is 4.94. The van der Waals surface area contributed by atoms with E-state index >= 15 is 0 Å². The summed E-state index contributed by atoms with van der Waals surface area (Å²) in [7, 11) is 3.90. The Morgan fingerprint density at radius 3 is 2.68 bits per heavy atom. The minimum absolute atomic E-state index is 0.162. The Bertz CT molecular complexity index is 496. The molecule has 0 saturated heterocycles. The van der Waals surface area contributed by atoms with Gasteiger partial charge in [0.15, 0.2) is 0 Å². The third-order valence-electron chi connectivity index (χ3n) is 3.90. The Morgan fingerprint density at radius 2 is 2.05 bits per heavy atom. The largest absolute Gasteiger partial charge is 0.329 e. The van der Waals surface area contributed by atoms with E-state index in [0.29, 0.717) is 6.54 Å². The summed E-state index contributed by atoms with van der Waals surface area (Å²) in [6, 6.07) is 6.30. The topological polar surface area (TPSA) is 49.6 Å². The molecule has 2 rings (SSSR count). The third kappa shape index (κ3) is 2.38. The Balaban J connectivity index is 2.30. The lowest BCUT2D eigenvalue weighted by molar-refractivity contribution is -0.121. The molecule has 2 N–H and O–H groups in total. The van der Waals surface area contributed by atoms with E-state index in [-0.39, 0.29) is 5.91 Å². The van der Waals surface area contributed by atoms with Crippen molar-refractivity contribution in [1.82, 2.24) is 4.90 Å². The number of carbonyl (C=O) groups excluding carboxylic acids is 1. The summed E-state index contributed by atoms with van der Waals surface area (Å²) in [5.74, 6) is 0.162. The maximum Gasteiger partial charge on any atom is 0.236 e. The molecule has 0 aliphatic carbocycles. The average molecular weight is 261 g/mol. The van der Waals surface area contributed by atoms with Crippen LogP contribution in [-0.2, 0) is 16.8 Å². The van der Waals surface area contributed by atoms with Crippen molar-refractivity contribution < 1.29 is 4.79 Å². The molecule has 1 aliphatic rings. The molecule has 0 unspecified atom stereocenters. The number of rotatable bonds is 4. The number of nitrogens with zero attached hydrogens (tertiary/aromatic N) is 2. The lowest BCUT2D eigenvalue weighted by Gasteiger charge is -2.18. The molecule has 19 heavy (non-hydrogen) atoms. The van der Waals surface area contributed by atoms with E-state index in [9.17, 15) is 4.79 Å². The molecule has 1 aromatic carbocycles. The molecule has 0 bridgehead atoms. The van der Waals surface area contributed by atoms with Crippen molar-refractivity contribution in [3.05, 3.63) is 29.3 Å². The molecule has 1 heterocycles. The van der Waals surface area contributed by atoms with Crippen LogP contribution in [-0.4, -0.2) is 38.0 Å². The van der Waals surface area contributed by atoms with Crippen LogP contribution in [0.2, 0.25) is 0 Å². The first-order chi connectivity index (χ1) is 8.87. The first-order valence-corrected chi connectivity index (χ1v) is 6.68. The van der Waals surface area contributed by atoms with E-state index in [4.69, 9.17) is 5.73 Å². The fourth-order valence-electron chi connectivity index (χ4n) is 2.73. The predicted molar refractivity (Wildman–Crippen MR) is 78.3 cm³/mol. The van der Waals surface area contributed by atoms with E-state index in [2.05, 4.69) is 24.1 Å². The highest BCUT2D eigenvalue weighted by atomic mass is 16.2. The van der Waals surface area contributed by atoms with Gasteiger partial charge in [0, 0.05) is 32.4 Å². The number of hydrogen-bond donors (Lipinski definition) is 1. The quantitative estimate of drug-likeness (QED) is 0.889. The highest BCUT2D eigenvalue weighted by molar-refractivity contribution is 6.07. The van der Waals surface area contributed by atoms with Gasteiger partial charge in [0.2, 0.25) is 5.91 Å². The molecule has 4 heteroatoms. The Labute approximate surface area is 115 Å². The van der Waals surface area contributed by atoms with Crippen molar-refractivity contribution in [2.75, 3.05) is 32.1 Å². The highest BCUT2D eigenvalue weighted by Gasteiger charge is 2.42. The molecule has 0 saturated carbocycles. The number of nitrogens with two attached hydrogens (primary N) is 1. The lowest BCUT2D eigenvalue weighted by atomic mass is 9.85. The van der Waals surface area contributed by atoms with E-state index in [1.807, 2.05) is 27.0 Å². The van der Waals surface area contributed by atoms with Crippen molar-refractivity contribution in [3.63, 3.8) is 0 Å². The SMILES string of the molecule is CN(CCN)Cc1ccc2c(c1)C(C)(C)C(=O)N2C. The van der Waals surface area contributed by atoms with Gasteiger partial charge in [-0.05, 0) is 38.1 Å². The predicted octanol–water partition coefficient (Wildman–Crippen LogP) is 1.33. The zero-order valence-electron chi connectivity index (χ0n) is 12.2. The maximum atomic E-state index is 12.2. The van der Waals surface area contributed by atoms with Gasteiger partial charge in [-0.3, -0.25) is 4.79 Å². The number of benzene rings is 1. The van der Waals surface area contributed by atoms with Gasteiger partial charge in [-0.2, -0.15) is 0 Å². The number of hydrogen-bond acceptors (Lipinski definition) is 3. The monoisotopic (exact) mass is 261 g/mol. The smallest absolute Gasteiger partial charge is 0.236 e. The lowest BCUT2D eigenvalue weighted by Crippen LogP contribution is -2.33. The van der Waals surface area contributed by atoms with Crippen molar-refractivity contribution in [2.24, 2.45) is 5.73 Å². The zero-order chi connectivity index (χ0) is 14.2. The standard InChI is InChI=1S/C15H23N3O/c1-15(2)12-9-11(10-17(3)8-7-16)5-6-13(12)18(4)14(15)19/h5-6,9H,7-8,10,16H2,1-4H3. The van der Waals surface area contributed by atoms with E-state index in [1.54, 1.807) is 4.90 Å². The van der Waals surface area contributed by atoms with Gasteiger partial charge in [-0.15, -0.1) is 0 Å². The van der Waals surface area contributed by atoms with E-state index < -0.39 is 5.41 Å². The summed E-state index contributed by atoms with van der Waals surface area (Å²) in [4.78, 5) is 16.2. The molecule has 0 fully saturated rings. The van der Waals surface area contributed by atoms with Crippen LogP contribution in [0.3, 0.4) is 0 Å². The second-order valence-corrected chi connectivity index (χ2v) is 5.87. The minimum atomic E-state index is -0.424. The van der Waals surface area contributed by atoms with Crippen LogP contribution in [0.5, 0.6) is 0 Å². The molecular weight excluding hydrogens is 238 g/mol. The molecule has 0 aromatic heterocycles. The van der Waals surface area contributed by atoms with Gasteiger partial charge in [-0.1, -0.05) is 12.1 Å². The number of anilines is 1. The van der Waals surface area contributed by atoms with Crippen LogP contribution in [0.4, 0.5) is 5.69 Å². The molecule has 1 amide bonds. The molecular formula is C15H23N3O. The number of fused-ring (bicyclic) bond motifs is 1. The average Bonchev–Trinajstić information content (AvgIpc) is 2.52. The Morgan fingerprint density at radius 1 is 1.37 bits per heavy atom. The van der Waals surface area contributed by atoms with Gasteiger partial charge < -0.3 is 15.5 Å². The van der Waals surface area contributed by atoms with Crippen molar-refractivity contribution >= 4 is 11.6 Å². The number of amides is 1. The molecule has 0 spiro atoms. The van der Waals surface area contributed by atoms with Crippen LogP contribution in [0.25, 0.3) is 0 Å².